The Labute approximate surface area is 120 Å². The summed E-state index contributed by atoms with van der Waals surface area (Å²) < 4.78 is 0. The fourth-order valence-corrected chi connectivity index (χ4v) is 1.70. The third kappa shape index (κ3) is 10.8. The van der Waals surface area contributed by atoms with Crippen molar-refractivity contribution >= 4 is 24.5 Å². The summed E-state index contributed by atoms with van der Waals surface area (Å²) >= 11 is 3.96. The maximum Gasteiger partial charge on any atom is 0.303 e. The van der Waals surface area contributed by atoms with Crippen molar-refractivity contribution in [1.29, 1.82) is 0 Å². The van der Waals surface area contributed by atoms with Crippen LogP contribution < -0.4 is 11.1 Å². The first-order valence-electron chi connectivity index (χ1n) is 6.52. The van der Waals surface area contributed by atoms with Gasteiger partial charge in [0.05, 0.1) is 6.04 Å². The molecule has 0 aromatic carbocycles. The van der Waals surface area contributed by atoms with Crippen LogP contribution in [-0.4, -0.2) is 60.4 Å². The van der Waals surface area contributed by atoms with Gasteiger partial charge in [-0.3, -0.25) is 9.59 Å². The molecule has 1 atom stereocenters. The Morgan fingerprint density at radius 1 is 1.32 bits per heavy atom. The number of carbonyl (C=O) groups excluding carboxylic acids is 1. The van der Waals surface area contributed by atoms with E-state index in [-0.39, 0.29) is 12.3 Å². The van der Waals surface area contributed by atoms with Gasteiger partial charge < -0.3 is 21.1 Å². The zero-order valence-electron chi connectivity index (χ0n) is 11.5. The second kappa shape index (κ2) is 11.1. The molecule has 0 bridgehead atoms. The molecule has 0 radical (unpaired) electrons. The zero-order valence-corrected chi connectivity index (χ0v) is 12.4. The number of thiol groups is 1. The number of hydrogen-bond acceptors (Lipinski definition) is 5. The smallest absolute Gasteiger partial charge is 0.303 e. The number of nitrogens with one attached hydrogen (secondary N) is 1. The maximum atomic E-state index is 11.4. The van der Waals surface area contributed by atoms with Crippen molar-refractivity contribution in [2.75, 3.05) is 32.4 Å². The molecule has 0 aromatic heterocycles. The number of nitrogens with two attached hydrogens (primary N) is 1. The lowest BCUT2D eigenvalue weighted by atomic mass is 10.2. The van der Waals surface area contributed by atoms with E-state index in [2.05, 4.69) is 22.8 Å². The van der Waals surface area contributed by atoms with Crippen LogP contribution in [-0.2, 0) is 9.59 Å². The lowest BCUT2D eigenvalue weighted by molar-refractivity contribution is -0.137. The number of aliphatic carboxylic acids is 1. The Hall–Kier alpha value is -0.790. The summed E-state index contributed by atoms with van der Waals surface area (Å²) in [5.41, 5.74) is 5.52. The van der Waals surface area contributed by atoms with Crippen molar-refractivity contribution in [3.05, 3.63) is 0 Å². The highest BCUT2D eigenvalue weighted by Crippen LogP contribution is 2.00. The first kappa shape index (κ1) is 18.2. The predicted molar refractivity (Wildman–Crippen MR) is 78.4 cm³/mol. The van der Waals surface area contributed by atoms with Crippen molar-refractivity contribution in [3.63, 3.8) is 0 Å². The Morgan fingerprint density at radius 2 is 2.00 bits per heavy atom. The summed E-state index contributed by atoms with van der Waals surface area (Å²) in [6.07, 6.45) is 2.83. The quantitative estimate of drug-likeness (QED) is 0.316. The molecule has 0 aliphatic heterocycles. The van der Waals surface area contributed by atoms with Gasteiger partial charge in [-0.15, -0.1) is 0 Å². The normalized spacial score (nSPS) is 12.4. The number of nitrogens with zero attached hydrogens (tertiary/aromatic N) is 1. The molecule has 0 heterocycles. The lowest BCUT2D eigenvalue weighted by Gasteiger charge is -2.17. The second-order valence-corrected chi connectivity index (χ2v) is 4.95. The monoisotopic (exact) mass is 291 g/mol. The van der Waals surface area contributed by atoms with Crippen molar-refractivity contribution in [2.24, 2.45) is 5.73 Å². The molecule has 0 saturated carbocycles. The summed E-state index contributed by atoms with van der Waals surface area (Å²) in [5.74, 6) is -0.577. The fourth-order valence-electron chi connectivity index (χ4n) is 1.53. The largest absolute Gasteiger partial charge is 0.481 e. The van der Waals surface area contributed by atoms with Gasteiger partial charge in [0, 0.05) is 25.3 Å². The molecule has 1 amide bonds. The van der Waals surface area contributed by atoms with Crippen LogP contribution in [0.2, 0.25) is 0 Å². The number of likely N-dealkylation sites (N-methyl/N-ethyl adjacent to an activating group) is 1. The van der Waals surface area contributed by atoms with E-state index < -0.39 is 12.0 Å². The summed E-state index contributed by atoms with van der Waals surface area (Å²) in [7, 11) is 1.97. The van der Waals surface area contributed by atoms with Crippen LogP contribution in [0.1, 0.15) is 25.7 Å². The summed E-state index contributed by atoms with van der Waals surface area (Å²) in [4.78, 5) is 23.8. The Morgan fingerprint density at radius 3 is 2.58 bits per heavy atom. The van der Waals surface area contributed by atoms with Gasteiger partial charge in [-0.25, -0.2) is 0 Å². The van der Waals surface area contributed by atoms with Crippen LogP contribution in [0, 0.1) is 0 Å². The summed E-state index contributed by atoms with van der Waals surface area (Å²) in [6, 6.07) is -0.551. The van der Waals surface area contributed by atoms with Crippen LogP contribution in [0.4, 0.5) is 0 Å². The number of carboxylic acid groups (broad SMARTS) is 1. The Balaban J connectivity index is 3.46. The number of carbonyl (C=O) groups is 2. The average Bonchev–Trinajstić information content (AvgIpc) is 2.36. The van der Waals surface area contributed by atoms with Crippen molar-refractivity contribution in [3.8, 4) is 0 Å². The molecule has 0 aliphatic carbocycles. The number of hydrogen-bond donors (Lipinski definition) is 4. The average molecular weight is 291 g/mol. The highest BCUT2D eigenvalue weighted by molar-refractivity contribution is 7.80. The van der Waals surface area contributed by atoms with Gasteiger partial charge in [0.1, 0.15) is 0 Å². The van der Waals surface area contributed by atoms with Gasteiger partial charge in [-0.2, -0.15) is 12.6 Å². The molecule has 112 valence electrons. The van der Waals surface area contributed by atoms with Gasteiger partial charge in [0.25, 0.3) is 0 Å². The molecular weight excluding hydrogens is 266 g/mol. The molecule has 0 spiro atoms. The number of carboxylic acids is 1. The van der Waals surface area contributed by atoms with Crippen LogP contribution >= 0.6 is 12.6 Å². The van der Waals surface area contributed by atoms with Crippen molar-refractivity contribution in [2.45, 2.75) is 31.7 Å². The molecule has 0 aromatic rings. The number of amides is 1. The molecule has 4 N–H and O–H groups in total. The Kier molecular flexibility index (Phi) is 10.6. The molecular formula is C12H25N3O3S. The second-order valence-electron chi connectivity index (χ2n) is 4.59. The topological polar surface area (TPSA) is 95.7 Å². The van der Waals surface area contributed by atoms with E-state index in [1.54, 1.807) is 0 Å². The standard InChI is InChI=1S/C12H25N3O3S/c1-15(7-4-2-3-5-11(16)17)8-6-14-12(18)10(13)9-19/h10,19H,2-9,13H2,1H3,(H,14,18)(H,16,17). The van der Waals surface area contributed by atoms with Gasteiger partial charge >= 0.3 is 5.97 Å². The Bertz CT molecular complexity index is 277. The third-order valence-corrected chi connectivity index (χ3v) is 3.15. The van der Waals surface area contributed by atoms with E-state index in [9.17, 15) is 9.59 Å². The van der Waals surface area contributed by atoms with E-state index in [0.29, 0.717) is 12.3 Å². The van der Waals surface area contributed by atoms with Crippen LogP contribution in [0.15, 0.2) is 0 Å². The lowest BCUT2D eigenvalue weighted by Crippen LogP contribution is -2.44. The zero-order chi connectivity index (χ0) is 14.7. The minimum Gasteiger partial charge on any atom is -0.481 e. The van der Waals surface area contributed by atoms with Crippen molar-refractivity contribution < 1.29 is 14.7 Å². The van der Waals surface area contributed by atoms with E-state index in [1.165, 1.54) is 0 Å². The SMILES string of the molecule is CN(CCCCCC(=O)O)CCNC(=O)C(N)CS. The minimum atomic E-state index is -0.739. The molecule has 1 unspecified atom stereocenters. The maximum absolute atomic E-state index is 11.4. The highest BCUT2D eigenvalue weighted by Gasteiger charge is 2.10. The molecule has 6 nitrogen and oxygen atoms in total. The summed E-state index contributed by atoms with van der Waals surface area (Å²) in [6.45, 7) is 2.21. The first-order chi connectivity index (χ1) is 8.97. The summed E-state index contributed by atoms with van der Waals surface area (Å²) in [5, 5.41) is 11.2. The van der Waals surface area contributed by atoms with Crippen molar-refractivity contribution in [1.82, 2.24) is 10.2 Å². The van der Waals surface area contributed by atoms with E-state index in [1.807, 2.05) is 7.05 Å². The fraction of sp³-hybridized carbons (Fsp3) is 0.833. The van der Waals surface area contributed by atoms with Crippen LogP contribution in [0.5, 0.6) is 0 Å². The first-order valence-corrected chi connectivity index (χ1v) is 7.15. The van der Waals surface area contributed by atoms with Gasteiger partial charge in [0.2, 0.25) is 5.91 Å². The van der Waals surface area contributed by atoms with E-state index >= 15 is 0 Å². The molecule has 0 saturated heterocycles. The highest BCUT2D eigenvalue weighted by atomic mass is 32.1. The van der Waals surface area contributed by atoms with Gasteiger partial charge in [0.15, 0.2) is 0 Å². The molecule has 19 heavy (non-hydrogen) atoms. The molecule has 7 heteroatoms. The van der Waals surface area contributed by atoms with Crippen LogP contribution in [0.25, 0.3) is 0 Å². The van der Waals surface area contributed by atoms with E-state index in [4.69, 9.17) is 10.8 Å². The predicted octanol–water partition coefficient (Wildman–Crippen LogP) is -0.0635. The molecule has 0 fully saturated rings. The van der Waals surface area contributed by atoms with Gasteiger partial charge in [-0.1, -0.05) is 6.42 Å². The van der Waals surface area contributed by atoms with Crippen LogP contribution in [0.3, 0.4) is 0 Å². The molecule has 0 aliphatic rings. The third-order valence-electron chi connectivity index (χ3n) is 2.76. The molecule has 0 rings (SSSR count). The van der Waals surface area contributed by atoms with E-state index in [0.717, 1.165) is 32.4 Å². The number of rotatable bonds is 11. The van der Waals surface area contributed by atoms with Gasteiger partial charge in [-0.05, 0) is 26.4 Å². The minimum absolute atomic E-state index is 0.176. The number of unbranched alkanes of at least 4 members (excludes halogenated alkanes) is 2.